The molecule has 1 amide bonds. The lowest BCUT2D eigenvalue weighted by Gasteiger charge is -2.25. The summed E-state index contributed by atoms with van der Waals surface area (Å²) in [6, 6.07) is 12.7. The van der Waals surface area contributed by atoms with E-state index in [1.54, 1.807) is 54.6 Å². The molecule has 0 bridgehead atoms. The van der Waals surface area contributed by atoms with Gasteiger partial charge >= 0.3 is 0 Å². The van der Waals surface area contributed by atoms with Gasteiger partial charge in [0, 0.05) is 24.2 Å². The third-order valence-corrected chi connectivity index (χ3v) is 4.99. The number of hydrogen-bond donors (Lipinski definition) is 1. The first-order valence-corrected chi connectivity index (χ1v) is 9.72. The van der Waals surface area contributed by atoms with Crippen molar-refractivity contribution in [2.24, 2.45) is 0 Å². The average Bonchev–Trinajstić information content (AvgIpc) is 3.01. The van der Waals surface area contributed by atoms with Gasteiger partial charge in [0.1, 0.15) is 18.1 Å². The third kappa shape index (κ3) is 4.40. The fourth-order valence-corrected chi connectivity index (χ4v) is 3.47. The highest BCUT2D eigenvalue weighted by molar-refractivity contribution is 6.46. The van der Waals surface area contributed by atoms with Crippen LogP contribution >= 0.6 is 11.6 Å². The molecule has 6 nitrogen and oxygen atoms in total. The van der Waals surface area contributed by atoms with E-state index in [1.807, 2.05) is 0 Å². The van der Waals surface area contributed by atoms with Crippen molar-refractivity contribution in [2.75, 3.05) is 26.9 Å². The molecule has 2 aromatic carbocycles. The number of ether oxygens (including phenoxy) is 2. The number of amides is 1. The van der Waals surface area contributed by atoms with Gasteiger partial charge in [-0.1, -0.05) is 36.4 Å². The second kappa shape index (κ2) is 9.61. The summed E-state index contributed by atoms with van der Waals surface area (Å²) in [4.78, 5) is 27.0. The maximum Gasteiger partial charge on any atom is 0.295 e. The van der Waals surface area contributed by atoms with Crippen LogP contribution in [0.5, 0.6) is 5.75 Å². The number of nitrogens with zero attached hydrogens (tertiary/aromatic N) is 1. The van der Waals surface area contributed by atoms with E-state index in [0.717, 1.165) is 0 Å². The summed E-state index contributed by atoms with van der Waals surface area (Å²) in [6.45, 7) is 4.39. The monoisotopic (exact) mass is 427 g/mol. The number of Topliss-reactive ketones (excluding diaryl/α,β-unsaturated/α-hetero) is 1. The van der Waals surface area contributed by atoms with Crippen LogP contribution < -0.4 is 4.74 Å². The number of carbonyl (C=O) groups excluding carboxylic acids is 2. The zero-order valence-corrected chi connectivity index (χ0v) is 17.3. The van der Waals surface area contributed by atoms with E-state index in [2.05, 4.69) is 6.58 Å². The lowest BCUT2D eigenvalue weighted by molar-refractivity contribution is -0.140. The molecule has 7 heteroatoms. The third-order valence-electron chi connectivity index (χ3n) is 4.74. The summed E-state index contributed by atoms with van der Waals surface area (Å²) in [7, 11) is 1.52. The number of aliphatic hydroxyl groups is 1. The minimum Gasteiger partial charge on any atom is -0.507 e. The van der Waals surface area contributed by atoms with Gasteiger partial charge in [-0.3, -0.25) is 9.59 Å². The lowest BCUT2D eigenvalue weighted by Crippen LogP contribution is -2.32. The molecule has 3 rings (SSSR count). The number of aliphatic hydroxyl groups excluding tert-OH is 1. The van der Waals surface area contributed by atoms with E-state index >= 15 is 0 Å². The van der Waals surface area contributed by atoms with Crippen molar-refractivity contribution in [3.05, 3.63) is 82.9 Å². The van der Waals surface area contributed by atoms with Gasteiger partial charge in [0.25, 0.3) is 11.7 Å². The molecule has 1 unspecified atom stereocenters. The molecule has 0 spiro atoms. The first-order chi connectivity index (χ1) is 14.5. The van der Waals surface area contributed by atoms with Crippen LogP contribution in [0.4, 0.5) is 0 Å². The van der Waals surface area contributed by atoms with Gasteiger partial charge in [-0.25, -0.2) is 0 Å². The van der Waals surface area contributed by atoms with Gasteiger partial charge in [-0.05, 0) is 42.0 Å². The topological polar surface area (TPSA) is 76.1 Å². The smallest absolute Gasteiger partial charge is 0.295 e. The molecule has 1 N–H and O–H groups in total. The Hall–Kier alpha value is -3.09. The fourth-order valence-electron chi connectivity index (χ4n) is 3.34. The van der Waals surface area contributed by atoms with Crippen molar-refractivity contribution in [1.29, 1.82) is 0 Å². The van der Waals surface area contributed by atoms with Crippen molar-refractivity contribution in [3.63, 3.8) is 0 Å². The van der Waals surface area contributed by atoms with E-state index < -0.39 is 17.7 Å². The molecule has 1 aliphatic rings. The number of benzene rings is 2. The molecule has 156 valence electrons. The van der Waals surface area contributed by atoms with Crippen molar-refractivity contribution in [2.45, 2.75) is 6.04 Å². The molecule has 2 aromatic rings. The van der Waals surface area contributed by atoms with Gasteiger partial charge in [0.15, 0.2) is 0 Å². The van der Waals surface area contributed by atoms with E-state index in [0.29, 0.717) is 28.5 Å². The van der Waals surface area contributed by atoms with Crippen LogP contribution in [-0.4, -0.2) is 48.6 Å². The molecule has 1 atom stereocenters. The molecule has 0 saturated carbocycles. The van der Waals surface area contributed by atoms with Gasteiger partial charge < -0.3 is 19.5 Å². The van der Waals surface area contributed by atoms with Crippen LogP contribution in [0.15, 0.2) is 66.8 Å². The summed E-state index contributed by atoms with van der Waals surface area (Å²) in [5, 5.41) is 11.4. The standard InChI is InChI=1S/C23H22ClNO5/c1-3-12-30-18-6-4-5-16(14-18)20-19(21(26)15-7-9-17(24)10-8-15)22(27)23(28)25(20)11-13-29-2/h3-10,14,20,26H,1,11-13H2,2H3/b21-19+. The summed E-state index contributed by atoms with van der Waals surface area (Å²) < 4.78 is 10.7. The highest BCUT2D eigenvalue weighted by atomic mass is 35.5. The van der Waals surface area contributed by atoms with E-state index in [1.165, 1.54) is 12.0 Å². The van der Waals surface area contributed by atoms with E-state index in [-0.39, 0.29) is 24.5 Å². The Kier molecular flexibility index (Phi) is 6.92. The highest BCUT2D eigenvalue weighted by Gasteiger charge is 2.45. The molecule has 1 saturated heterocycles. The Bertz CT molecular complexity index is 983. The number of halogens is 1. The lowest BCUT2D eigenvalue weighted by atomic mass is 9.95. The first-order valence-electron chi connectivity index (χ1n) is 9.35. The largest absolute Gasteiger partial charge is 0.507 e. The summed E-state index contributed by atoms with van der Waals surface area (Å²) in [5.74, 6) is -1.13. The molecule has 1 fully saturated rings. The second-order valence-corrected chi connectivity index (χ2v) is 7.10. The Labute approximate surface area is 180 Å². The van der Waals surface area contributed by atoms with Gasteiger partial charge in [0.05, 0.1) is 18.2 Å². The zero-order valence-electron chi connectivity index (χ0n) is 16.5. The van der Waals surface area contributed by atoms with Crippen LogP contribution in [-0.2, 0) is 14.3 Å². The van der Waals surface area contributed by atoms with E-state index in [9.17, 15) is 14.7 Å². The highest BCUT2D eigenvalue weighted by Crippen LogP contribution is 2.40. The van der Waals surface area contributed by atoms with Gasteiger partial charge in [-0.15, -0.1) is 0 Å². The van der Waals surface area contributed by atoms with Crippen molar-refractivity contribution < 1.29 is 24.2 Å². The van der Waals surface area contributed by atoms with Crippen LogP contribution in [0, 0.1) is 0 Å². The SMILES string of the molecule is C=CCOc1cccc(C2/C(=C(\O)c3ccc(Cl)cc3)C(=O)C(=O)N2CCOC)c1. The average molecular weight is 428 g/mol. The summed E-state index contributed by atoms with van der Waals surface area (Å²) in [6.07, 6.45) is 1.62. The molecule has 0 aliphatic carbocycles. The molecular weight excluding hydrogens is 406 g/mol. The van der Waals surface area contributed by atoms with Crippen LogP contribution in [0.1, 0.15) is 17.2 Å². The Morgan fingerprint density at radius 3 is 2.63 bits per heavy atom. The fraction of sp³-hybridized carbons (Fsp3) is 0.217. The predicted octanol–water partition coefficient (Wildman–Crippen LogP) is 3.97. The van der Waals surface area contributed by atoms with E-state index in [4.69, 9.17) is 21.1 Å². The second-order valence-electron chi connectivity index (χ2n) is 6.66. The molecule has 0 aromatic heterocycles. The summed E-state index contributed by atoms with van der Waals surface area (Å²) in [5.41, 5.74) is 1.05. The molecule has 1 heterocycles. The van der Waals surface area contributed by atoms with Crippen molar-refractivity contribution in [1.82, 2.24) is 4.90 Å². The normalized spacial score (nSPS) is 17.9. The number of ketones is 1. The molecule has 30 heavy (non-hydrogen) atoms. The Morgan fingerprint density at radius 2 is 1.97 bits per heavy atom. The minimum atomic E-state index is -0.775. The first kappa shape index (κ1) is 21.6. The number of methoxy groups -OCH3 is 1. The Balaban J connectivity index is 2.12. The maximum absolute atomic E-state index is 12.9. The molecule has 1 aliphatic heterocycles. The van der Waals surface area contributed by atoms with Crippen molar-refractivity contribution in [3.8, 4) is 5.75 Å². The predicted molar refractivity (Wildman–Crippen MR) is 114 cm³/mol. The number of carbonyl (C=O) groups is 2. The quantitative estimate of drug-likeness (QED) is 0.298. The zero-order chi connectivity index (χ0) is 21.7. The minimum absolute atomic E-state index is 0.0132. The summed E-state index contributed by atoms with van der Waals surface area (Å²) >= 11 is 5.93. The van der Waals surface area contributed by atoms with Gasteiger partial charge in [-0.2, -0.15) is 0 Å². The Morgan fingerprint density at radius 1 is 1.23 bits per heavy atom. The van der Waals surface area contributed by atoms with Crippen LogP contribution in [0.2, 0.25) is 5.02 Å². The molecule has 0 radical (unpaired) electrons. The van der Waals surface area contributed by atoms with Gasteiger partial charge in [0.2, 0.25) is 0 Å². The van der Waals surface area contributed by atoms with Crippen LogP contribution in [0.25, 0.3) is 5.76 Å². The number of rotatable bonds is 8. The van der Waals surface area contributed by atoms with Crippen molar-refractivity contribution >= 4 is 29.1 Å². The number of likely N-dealkylation sites (tertiary alicyclic amines) is 1. The number of hydrogen-bond acceptors (Lipinski definition) is 5. The molecular formula is C23H22ClNO5. The maximum atomic E-state index is 12.9. The van der Waals surface area contributed by atoms with Crippen LogP contribution in [0.3, 0.4) is 0 Å².